The van der Waals surface area contributed by atoms with E-state index in [0.717, 1.165) is 28.7 Å². The highest BCUT2D eigenvalue weighted by molar-refractivity contribution is 9.10. The van der Waals surface area contributed by atoms with Crippen LogP contribution in [0.1, 0.15) is 13.3 Å². The van der Waals surface area contributed by atoms with Gasteiger partial charge in [0.25, 0.3) is 0 Å². The van der Waals surface area contributed by atoms with Crippen LogP contribution in [0.5, 0.6) is 0 Å². The van der Waals surface area contributed by atoms with Gasteiger partial charge in [0.2, 0.25) is 0 Å². The van der Waals surface area contributed by atoms with Crippen molar-refractivity contribution in [1.29, 1.82) is 0 Å². The maximum Gasteiger partial charge on any atom is 0.134 e. The minimum Gasteiger partial charge on any atom is -0.385 e. The summed E-state index contributed by atoms with van der Waals surface area (Å²) in [5.41, 5.74) is 0. The van der Waals surface area contributed by atoms with Gasteiger partial charge in [-0.3, -0.25) is 0 Å². The van der Waals surface area contributed by atoms with Gasteiger partial charge in [-0.05, 0) is 25.5 Å². The van der Waals surface area contributed by atoms with E-state index in [2.05, 4.69) is 39.2 Å². The summed E-state index contributed by atoms with van der Waals surface area (Å²) in [6.07, 6.45) is 2.79. The molecule has 4 heteroatoms. The highest BCUT2D eigenvalue weighted by Crippen LogP contribution is 2.27. The molecule has 0 saturated heterocycles. The summed E-state index contributed by atoms with van der Waals surface area (Å²) in [5, 5.41) is 5.75. The molecule has 0 aliphatic rings. The first-order valence-corrected chi connectivity index (χ1v) is 6.80. The van der Waals surface area contributed by atoms with Crippen LogP contribution in [-0.2, 0) is 4.74 Å². The first kappa shape index (κ1) is 13.3. The fourth-order valence-corrected chi connectivity index (χ4v) is 2.38. The van der Waals surface area contributed by atoms with Crippen molar-refractivity contribution >= 4 is 32.5 Å². The Bertz CT molecular complexity index is 530. The average molecular weight is 309 g/mol. The summed E-state index contributed by atoms with van der Waals surface area (Å²) in [7, 11) is 1.72. The number of pyridine rings is 1. The van der Waals surface area contributed by atoms with E-state index < -0.39 is 0 Å². The molecule has 1 heterocycles. The molecule has 0 saturated carbocycles. The van der Waals surface area contributed by atoms with Crippen molar-refractivity contribution in [2.45, 2.75) is 19.4 Å². The molecule has 1 unspecified atom stereocenters. The smallest absolute Gasteiger partial charge is 0.134 e. The second kappa shape index (κ2) is 6.16. The molecule has 0 aliphatic heterocycles. The molecule has 3 nitrogen and oxygen atoms in total. The molecule has 96 valence electrons. The Hall–Kier alpha value is -1.13. The van der Waals surface area contributed by atoms with E-state index in [4.69, 9.17) is 4.74 Å². The van der Waals surface area contributed by atoms with Crippen molar-refractivity contribution in [3.8, 4) is 0 Å². The zero-order valence-corrected chi connectivity index (χ0v) is 12.2. The van der Waals surface area contributed by atoms with Gasteiger partial charge in [0.05, 0.1) is 0 Å². The largest absolute Gasteiger partial charge is 0.385 e. The van der Waals surface area contributed by atoms with E-state index in [9.17, 15) is 0 Å². The maximum absolute atomic E-state index is 5.09. The van der Waals surface area contributed by atoms with Crippen LogP contribution in [0, 0.1) is 0 Å². The fourth-order valence-electron chi connectivity index (χ4n) is 1.88. The molecule has 0 radical (unpaired) electrons. The zero-order valence-electron chi connectivity index (χ0n) is 10.6. The topological polar surface area (TPSA) is 34.1 Å². The van der Waals surface area contributed by atoms with Gasteiger partial charge in [-0.1, -0.05) is 28.1 Å². The fraction of sp³-hybridized carbons (Fsp3) is 0.357. The van der Waals surface area contributed by atoms with Crippen molar-refractivity contribution in [2.24, 2.45) is 0 Å². The quantitative estimate of drug-likeness (QED) is 0.911. The molecule has 1 aromatic heterocycles. The third kappa shape index (κ3) is 3.00. The summed E-state index contributed by atoms with van der Waals surface area (Å²) in [4.78, 5) is 4.42. The van der Waals surface area contributed by atoms with Crippen molar-refractivity contribution in [3.63, 3.8) is 0 Å². The Balaban J connectivity index is 2.25. The van der Waals surface area contributed by atoms with E-state index in [0.29, 0.717) is 6.04 Å². The number of fused-ring (bicyclic) bond motifs is 1. The molecule has 2 aromatic rings. The van der Waals surface area contributed by atoms with E-state index in [1.54, 1.807) is 7.11 Å². The minimum absolute atomic E-state index is 0.335. The van der Waals surface area contributed by atoms with Crippen molar-refractivity contribution in [3.05, 3.63) is 34.9 Å². The molecule has 18 heavy (non-hydrogen) atoms. The lowest BCUT2D eigenvalue weighted by Crippen LogP contribution is -2.18. The van der Waals surface area contributed by atoms with Crippen LogP contribution in [0.4, 0.5) is 5.82 Å². The standard InChI is InChI=1S/C14H17BrN2O/c1-10(7-9-18-2)17-14-12-4-3-5-13(15)11(12)6-8-16-14/h3-6,8,10H,7,9H2,1-2H3,(H,16,17). The molecule has 0 bridgehead atoms. The van der Waals surface area contributed by atoms with Crippen molar-refractivity contribution in [2.75, 3.05) is 19.0 Å². The monoisotopic (exact) mass is 308 g/mol. The summed E-state index contributed by atoms with van der Waals surface area (Å²) >= 11 is 3.56. The number of ether oxygens (including phenoxy) is 1. The Morgan fingerprint density at radius 1 is 1.33 bits per heavy atom. The van der Waals surface area contributed by atoms with Gasteiger partial charge in [-0.2, -0.15) is 0 Å². The second-order valence-corrected chi connectivity index (χ2v) is 5.18. The van der Waals surface area contributed by atoms with Crippen LogP contribution < -0.4 is 5.32 Å². The Morgan fingerprint density at radius 3 is 2.94 bits per heavy atom. The second-order valence-electron chi connectivity index (χ2n) is 4.32. The molecule has 1 aromatic carbocycles. The molecule has 0 spiro atoms. The highest BCUT2D eigenvalue weighted by Gasteiger charge is 2.07. The molecule has 0 aliphatic carbocycles. The summed E-state index contributed by atoms with van der Waals surface area (Å²) < 4.78 is 6.18. The van der Waals surface area contributed by atoms with Crippen LogP contribution in [0.25, 0.3) is 10.8 Å². The number of benzene rings is 1. The van der Waals surface area contributed by atoms with E-state index in [1.165, 1.54) is 5.39 Å². The number of anilines is 1. The Labute approximate surface area is 116 Å². The molecule has 1 N–H and O–H groups in total. The average Bonchev–Trinajstić information content (AvgIpc) is 2.38. The first-order chi connectivity index (χ1) is 8.72. The summed E-state index contributed by atoms with van der Waals surface area (Å²) in [5.74, 6) is 0.928. The molecule has 1 atom stereocenters. The molecule has 2 rings (SSSR count). The lowest BCUT2D eigenvalue weighted by atomic mass is 10.1. The predicted octanol–water partition coefficient (Wildman–Crippen LogP) is 3.83. The molecular formula is C14H17BrN2O. The van der Waals surface area contributed by atoms with Gasteiger partial charge in [-0.25, -0.2) is 4.98 Å². The minimum atomic E-state index is 0.335. The Kier molecular flexibility index (Phi) is 4.55. The molecule has 0 fully saturated rings. The third-order valence-electron chi connectivity index (χ3n) is 2.89. The van der Waals surface area contributed by atoms with Gasteiger partial charge in [0.1, 0.15) is 5.82 Å². The van der Waals surface area contributed by atoms with Crippen molar-refractivity contribution in [1.82, 2.24) is 4.98 Å². The lowest BCUT2D eigenvalue weighted by molar-refractivity contribution is 0.191. The van der Waals surface area contributed by atoms with Gasteiger partial charge in [0.15, 0.2) is 0 Å². The summed E-state index contributed by atoms with van der Waals surface area (Å²) in [6, 6.07) is 8.50. The van der Waals surface area contributed by atoms with Crippen LogP contribution in [0.2, 0.25) is 0 Å². The van der Waals surface area contributed by atoms with Crippen LogP contribution in [-0.4, -0.2) is 24.7 Å². The van der Waals surface area contributed by atoms with E-state index in [1.807, 2.05) is 24.4 Å². The number of nitrogens with zero attached hydrogens (tertiary/aromatic N) is 1. The lowest BCUT2D eigenvalue weighted by Gasteiger charge is -2.15. The number of rotatable bonds is 5. The molecular weight excluding hydrogens is 292 g/mol. The number of methoxy groups -OCH3 is 1. The van der Waals surface area contributed by atoms with Gasteiger partial charge in [0, 0.05) is 41.2 Å². The first-order valence-electron chi connectivity index (χ1n) is 6.01. The SMILES string of the molecule is COCCC(C)Nc1nccc2c(Br)cccc12. The number of hydrogen-bond acceptors (Lipinski definition) is 3. The van der Waals surface area contributed by atoms with Gasteiger partial charge < -0.3 is 10.1 Å². The maximum atomic E-state index is 5.09. The van der Waals surface area contributed by atoms with E-state index >= 15 is 0 Å². The number of halogens is 1. The summed E-state index contributed by atoms with van der Waals surface area (Å²) in [6.45, 7) is 2.89. The Morgan fingerprint density at radius 2 is 2.17 bits per heavy atom. The number of nitrogens with one attached hydrogen (secondary N) is 1. The normalized spacial score (nSPS) is 12.6. The highest BCUT2D eigenvalue weighted by atomic mass is 79.9. The number of hydrogen-bond donors (Lipinski definition) is 1. The van der Waals surface area contributed by atoms with Gasteiger partial charge >= 0.3 is 0 Å². The third-order valence-corrected chi connectivity index (χ3v) is 3.58. The van der Waals surface area contributed by atoms with Gasteiger partial charge in [-0.15, -0.1) is 0 Å². The van der Waals surface area contributed by atoms with Crippen molar-refractivity contribution < 1.29 is 4.74 Å². The zero-order chi connectivity index (χ0) is 13.0. The molecule has 0 amide bonds. The van der Waals surface area contributed by atoms with Crippen LogP contribution in [0.15, 0.2) is 34.9 Å². The predicted molar refractivity (Wildman–Crippen MR) is 79.0 cm³/mol. The van der Waals surface area contributed by atoms with E-state index in [-0.39, 0.29) is 0 Å². The van der Waals surface area contributed by atoms with Crippen LogP contribution in [0.3, 0.4) is 0 Å². The van der Waals surface area contributed by atoms with Crippen LogP contribution >= 0.6 is 15.9 Å². The number of aromatic nitrogens is 1.